The maximum Gasteiger partial charge on any atom is 0.335 e. The molecular formula is C21H21N3O5S. The van der Waals surface area contributed by atoms with Crippen LogP contribution in [0.1, 0.15) is 41.6 Å². The van der Waals surface area contributed by atoms with Crippen LogP contribution in [-0.2, 0) is 10.0 Å². The van der Waals surface area contributed by atoms with Gasteiger partial charge in [0.15, 0.2) is 0 Å². The number of hydrogen-bond acceptors (Lipinski definition) is 6. The number of benzene rings is 2. The second-order valence-electron chi connectivity index (χ2n) is 7.40. The van der Waals surface area contributed by atoms with E-state index in [-0.39, 0.29) is 22.3 Å². The standard InChI is InChI=1S/C21H21N3O5S/c22-13-14-4-6-18-17(11-14)23-30(27,28)20-12-15(21(25)26)5-7-19(20)29-10-8-16-3-1-2-9-24(16)18/h4-7,11-12,16,23H,1-3,8-10H2,(H,25,26). The first-order valence-corrected chi connectivity index (χ1v) is 11.2. The van der Waals surface area contributed by atoms with Gasteiger partial charge >= 0.3 is 5.97 Å². The molecule has 1 atom stereocenters. The predicted molar refractivity (Wildman–Crippen MR) is 110 cm³/mol. The van der Waals surface area contributed by atoms with Crippen molar-refractivity contribution < 1.29 is 23.1 Å². The summed E-state index contributed by atoms with van der Waals surface area (Å²) in [6.45, 7) is 1.09. The van der Waals surface area contributed by atoms with Crippen LogP contribution in [0.4, 0.5) is 11.4 Å². The monoisotopic (exact) mass is 427 g/mol. The van der Waals surface area contributed by atoms with Crippen LogP contribution in [0.3, 0.4) is 0 Å². The third-order valence-electron chi connectivity index (χ3n) is 5.50. The van der Waals surface area contributed by atoms with Gasteiger partial charge in [0.05, 0.1) is 35.2 Å². The summed E-state index contributed by atoms with van der Waals surface area (Å²) in [5.74, 6) is -1.12. The Morgan fingerprint density at radius 3 is 2.80 bits per heavy atom. The number of fused-ring (bicyclic) bond motifs is 4. The largest absolute Gasteiger partial charge is 0.492 e. The van der Waals surface area contributed by atoms with E-state index in [4.69, 9.17) is 4.74 Å². The minimum Gasteiger partial charge on any atom is -0.492 e. The molecule has 1 unspecified atom stereocenters. The van der Waals surface area contributed by atoms with Crippen LogP contribution >= 0.6 is 0 Å². The molecule has 2 aromatic carbocycles. The number of nitriles is 1. The Morgan fingerprint density at radius 1 is 1.20 bits per heavy atom. The van der Waals surface area contributed by atoms with Crippen molar-refractivity contribution in [2.75, 3.05) is 22.8 Å². The molecule has 2 N–H and O–H groups in total. The van der Waals surface area contributed by atoms with Crippen molar-refractivity contribution in [1.29, 1.82) is 5.26 Å². The zero-order valence-corrected chi connectivity index (χ0v) is 17.0. The van der Waals surface area contributed by atoms with Gasteiger partial charge in [-0.15, -0.1) is 0 Å². The first-order chi connectivity index (χ1) is 14.4. The number of carboxylic acids is 1. The van der Waals surface area contributed by atoms with Crippen molar-refractivity contribution >= 4 is 27.4 Å². The maximum absolute atomic E-state index is 13.2. The smallest absolute Gasteiger partial charge is 0.335 e. The Morgan fingerprint density at radius 2 is 2.03 bits per heavy atom. The number of carboxylic acid groups (broad SMARTS) is 1. The minimum absolute atomic E-state index is 0.106. The van der Waals surface area contributed by atoms with E-state index < -0.39 is 16.0 Å². The molecule has 0 aromatic heterocycles. The molecule has 30 heavy (non-hydrogen) atoms. The van der Waals surface area contributed by atoms with Crippen LogP contribution in [0.25, 0.3) is 0 Å². The van der Waals surface area contributed by atoms with Gasteiger partial charge in [-0.25, -0.2) is 13.2 Å². The van der Waals surface area contributed by atoms with Crippen LogP contribution in [0, 0.1) is 11.3 Å². The SMILES string of the molecule is N#Cc1ccc2c(c1)NS(=O)(=O)c1cc(C(=O)O)ccc1OCCC1CCCCN21. The molecule has 0 saturated carbocycles. The fourth-order valence-electron chi connectivity index (χ4n) is 4.03. The lowest BCUT2D eigenvalue weighted by Gasteiger charge is -2.38. The van der Waals surface area contributed by atoms with Crippen LogP contribution in [-0.4, -0.2) is 38.7 Å². The van der Waals surface area contributed by atoms with Crippen LogP contribution in [0.2, 0.25) is 0 Å². The zero-order chi connectivity index (χ0) is 21.3. The molecule has 9 heteroatoms. The van der Waals surface area contributed by atoms with Gasteiger partial charge in [0.25, 0.3) is 10.0 Å². The number of ether oxygens (including phenoxy) is 1. The third-order valence-corrected chi connectivity index (χ3v) is 6.88. The lowest BCUT2D eigenvalue weighted by Crippen LogP contribution is -2.40. The number of sulfonamides is 1. The Bertz CT molecular complexity index is 1140. The third kappa shape index (κ3) is 3.78. The number of anilines is 2. The summed E-state index contributed by atoms with van der Waals surface area (Å²) in [6, 6.07) is 11.0. The summed E-state index contributed by atoms with van der Waals surface area (Å²) in [6.07, 6.45) is 3.72. The molecular weight excluding hydrogens is 406 g/mol. The van der Waals surface area contributed by atoms with Gasteiger partial charge in [0.2, 0.25) is 0 Å². The fraction of sp³-hybridized carbons (Fsp3) is 0.333. The summed E-state index contributed by atoms with van der Waals surface area (Å²) in [7, 11) is -4.16. The molecule has 1 saturated heterocycles. The van der Waals surface area contributed by atoms with Gasteiger partial charge in [-0.1, -0.05) is 0 Å². The average molecular weight is 427 g/mol. The number of rotatable bonds is 1. The van der Waals surface area contributed by atoms with Gasteiger partial charge in [-0.05, 0) is 55.7 Å². The van der Waals surface area contributed by atoms with Gasteiger partial charge in [0, 0.05) is 19.0 Å². The van der Waals surface area contributed by atoms with Crippen molar-refractivity contribution in [2.45, 2.75) is 36.6 Å². The first-order valence-electron chi connectivity index (χ1n) is 9.73. The molecule has 0 radical (unpaired) electrons. The molecule has 4 rings (SSSR count). The molecule has 0 bridgehead atoms. The lowest BCUT2D eigenvalue weighted by atomic mass is 9.98. The van der Waals surface area contributed by atoms with Gasteiger partial charge in [-0.2, -0.15) is 5.26 Å². The Hall–Kier alpha value is -3.25. The number of nitrogens with one attached hydrogen (secondary N) is 1. The molecule has 8 nitrogen and oxygen atoms in total. The number of hydrogen-bond donors (Lipinski definition) is 2. The van der Waals surface area contributed by atoms with Crippen LogP contribution in [0.15, 0.2) is 41.3 Å². The van der Waals surface area contributed by atoms with Gasteiger partial charge < -0.3 is 14.7 Å². The molecule has 0 spiro atoms. The van der Waals surface area contributed by atoms with E-state index in [0.717, 1.165) is 31.9 Å². The van der Waals surface area contributed by atoms with E-state index in [1.165, 1.54) is 18.2 Å². The normalized spacial score (nSPS) is 20.1. The molecule has 0 aliphatic carbocycles. The molecule has 1 fully saturated rings. The van der Waals surface area contributed by atoms with E-state index in [1.54, 1.807) is 12.1 Å². The Balaban J connectivity index is 1.88. The Kier molecular flexibility index (Phi) is 5.26. The summed E-state index contributed by atoms with van der Waals surface area (Å²) in [5, 5.41) is 18.6. The second kappa shape index (κ2) is 7.88. The van der Waals surface area contributed by atoms with Crippen molar-refractivity contribution in [1.82, 2.24) is 0 Å². The van der Waals surface area contributed by atoms with Crippen molar-refractivity contribution in [3.05, 3.63) is 47.5 Å². The number of piperidine rings is 1. The molecule has 0 amide bonds. The lowest BCUT2D eigenvalue weighted by molar-refractivity contribution is 0.0696. The highest BCUT2D eigenvalue weighted by Crippen LogP contribution is 2.37. The highest BCUT2D eigenvalue weighted by molar-refractivity contribution is 7.92. The highest BCUT2D eigenvalue weighted by Gasteiger charge is 2.29. The zero-order valence-electron chi connectivity index (χ0n) is 16.2. The van der Waals surface area contributed by atoms with E-state index in [2.05, 4.69) is 9.62 Å². The number of carbonyl (C=O) groups is 1. The van der Waals surface area contributed by atoms with E-state index in [0.29, 0.717) is 30.0 Å². The second-order valence-corrected chi connectivity index (χ2v) is 9.05. The topological polar surface area (TPSA) is 120 Å². The van der Waals surface area contributed by atoms with Crippen molar-refractivity contribution in [2.24, 2.45) is 0 Å². The van der Waals surface area contributed by atoms with E-state index in [1.807, 2.05) is 6.07 Å². The maximum atomic E-state index is 13.2. The Labute approximate surface area is 174 Å². The molecule has 156 valence electrons. The molecule has 2 heterocycles. The van der Waals surface area contributed by atoms with Gasteiger partial charge in [-0.3, -0.25) is 4.72 Å². The molecule has 2 aliphatic rings. The summed E-state index contributed by atoms with van der Waals surface area (Å²) < 4.78 is 34.8. The quantitative estimate of drug-likeness (QED) is 0.717. The summed E-state index contributed by atoms with van der Waals surface area (Å²) in [5.41, 5.74) is 1.19. The number of aromatic carboxylic acids is 1. The van der Waals surface area contributed by atoms with Crippen molar-refractivity contribution in [3.63, 3.8) is 0 Å². The minimum atomic E-state index is -4.16. The predicted octanol–water partition coefficient (Wildman–Crippen LogP) is 3.20. The van der Waals surface area contributed by atoms with Crippen molar-refractivity contribution in [3.8, 4) is 11.8 Å². The fourth-order valence-corrected chi connectivity index (χ4v) is 5.27. The molecule has 2 aliphatic heterocycles. The van der Waals surface area contributed by atoms with E-state index in [9.17, 15) is 23.6 Å². The average Bonchev–Trinajstić information content (AvgIpc) is 2.75. The first kappa shape index (κ1) is 20.0. The van der Waals surface area contributed by atoms with Gasteiger partial charge in [0.1, 0.15) is 10.6 Å². The highest BCUT2D eigenvalue weighted by atomic mass is 32.2. The summed E-state index contributed by atoms with van der Waals surface area (Å²) >= 11 is 0. The molecule has 2 aromatic rings. The number of nitrogens with zero attached hydrogens (tertiary/aromatic N) is 2. The van der Waals surface area contributed by atoms with Crippen LogP contribution < -0.4 is 14.4 Å². The van der Waals surface area contributed by atoms with E-state index >= 15 is 0 Å². The van der Waals surface area contributed by atoms with Crippen LogP contribution in [0.5, 0.6) is 5.75 Å². The summed E-state index contributed by atoms with van der Waals surface area (Å²) in [4.78, 5) is 13.3.